The summed E-state index contributed by atoms with van der Waals surface area (Å²) in [5.74, 6) is 0. The van der Waals surface area contributed by atoms with Gasteiger partial charge in [-0.25, -0.2) is 0 Å². The van der Waals surface area contributed by atoms with Gasteiger partial charge in [0.15, 0.2) is 7.14 Å². The van der Waals surface area contributed by atoms with Crippen molar-refractivity contribution in [2.24, 2.45) is 0 Å². The Bertz CT molecular complexity index is 2210. The summed E-state index contributed by atoms with van der Waals surface area (Å²) in [6.45, 7) is 0. The lowest BCUT2D eigenvalue weighted by Gasteiger charge is -2.21. The normalized spacial score (nSPS) is 11.9. The van der Waals surface area contributed by atoms with Crippen LogP contribution in [0.2, 0.25) is 0 Å². The highest BCUT2D eigenvalue weighted by Crippen LogP contribution is 2.44. The lowest BCUT2D eigenvalue weighted by atomic mass is 9.89. The standard InChI is InChI=1S/C40H27OP/c41-42(34-15-3-1-4-16-34,35-17-5-2-6-18-35)36-19-9-13-32(27-36)31-12-8-14-33(26-31)37-24-22-30-21-20-28-10-7-11-29-23-25-38(37)40(30)39(28)29/h1-27H. The van der Waals surface area contributed by atoms with Crippen LogP contribution in [0.1, 0.15) is 0 Å². The minimum atomic E-state index is -3.06. The van der Waals surface area contributed by atoms with Crippen LogP contribution in [0.4, 0.5) is 0 Å². The van der Waals surface area contributed by atoms with Gasteiger partial charge in [-0.15, -0.1) is 0 Å². The first kappa shape index (κ1) is 24.8. The van der Waals surface area contributed by atoms with Gasteiger partial charge in [0, 0.05) is 15.9 Å². The van der Waals surface area contributed by atoms with Crippen LogP contribution in [0.5, 0.6) is 0 Å². The van der Waals surface area contributed by atoms with Crippen molar-refractivity contribution in [3.8, 4) is 22.3 Å². The third-order valence-electron chi connectivity index (χ3n) is 8.48. The Morgan fingerprint density at radius 1 is 0.357 bits per heavy atom. The lowest BCUT2D eigenvalue weighted by molar-refractivity contribution is 0.592. The van der Waals surface area contributed by atoms with Crippen LogP contribution in [0.25, 0.3) is 54.6 Å². The van der Waals surface area contributed by atoms with Crippen LogP contribution < -0.4 is 15.9 Å². The van der Waals surface area contributed by atoms with Gasteiger partial charge in [-0.3, -0.25) is 0 Å². The highest BCUT2D eigenvalue weighted by atomic mass is 31.2. The maximum atomic E-state index is 15.0. The number of hydrogen-bond acceptors (Lipinski definition) is 1. The maximum Gasteiger partial charge on any atom is 0.171 e. The molecule has 0 heterocycles. The van der Waals surface area contributed by atoms with Crippen LogP contribution in [0.3, 0.4) is 0 Å². The minimum absolute atomic E-state index is 0.838. The highest BCUT2D eigenvalue weighted by Gasteiger charge is 2.29. The summed E-state index contributed by atoms with van der Waals surface area (Å²) < 4.78 is 15.0. The molecule has 0 saturated heterocycles. The average molecular weight is 555 g/mol. The lowest BCUT2D eigenvalue weighted by Crippen LogP contribution is -2.25. The molecule has 0 aromatic heterocycles. The summed E-state index contributed by atoms with van der Waals surface area (Å²) in [5, 5.41) is 10.2. The Kier molecular flexibility index (Phi) is 5.81. The summed E-state index contributed by atoms with van der Waals surface area (Å²) in [5.41, 5.74) is 4.55. The molecule has 0 aliphatic rings. The molecule has 0 atom stereocenters. The fraction of sp³-hybridized carbons (Fsp3) is 0. The molecule has 8 rings (SSSR count). The van der Waals surface area contributed by atoms with Gasteiger partial charge in [0.05, 0.1) is 0 Å². The van der Waals surface area contributed by atoms with E-state index in [4.69, 9.17) is 0 Å². The van der Waals surface area contributed by atoms with E-state index in [-0.39, 0.29) is 0 Å². The monoisotopic (exact) mass is 554 g/mol. The first-order chi connectivity index (χ1) is 20.7. The molecule has 198 valence electrons. The Balaban J connectivity index is 1.28. The number of benzene rings is 8. The van der Waals surface area contributed by atoms with Crippen molar-refractivity contribution in [3.63, 3.8) is 0 Å². The van der Waals surface area contributed by atoms with Gasteiger partial charge in [-0.1, -0.05) is 152 Å². The van der Waals surface area contributed by atoms with Crippen molar-refractivity contribution < 1.29 is 4.57 Å². The molecule has 0 fully saturated rings. The van der Waals surface area contributed by atoms with Crippen LogP contribution >= 0.6 is 7.14 Å². The van der Waals surface area contributed by atoms with Gasteiger partial charge in [0.2, 0.25) is 0 Å². The minimum Gasteiger partial charge on any atom is -0.309 e. The van der Waals surface area contributed by atoms with Crippen molar-refractivity contribution in [3.05, 3.63) is 164 Å². The molecule has 42 heavy (non-hydrogen) atoms. The Hall–Kier alpha value is -4.97. The van der Waals surface area contributed by atoms with Crippen LogP contribution in [0.15, 0.2) is 164 Å². The zero-order valence-corrected chi connectivity index (χ0v) is 23.8. The predicted molar refractivity (Wildman–Crippen MR) is 180 cm³/mol. The van der Waals surface area contributed by atoms with Crippen LogP contribution in [0, 0.1) is 0 Å². The van der Waals surface area contributed by atoms with E-state index in [1.165, 1.54) is 43.4 Å². The first-order valence-electron chi connectivity index (χ1n) is 14.3. The second-order valence-corrected chi connectivity index (χ2v) is 13.6. The quantitative estimate of drug-likeness (QED) is 0.153. The van der Waals surface area contributed by atoms with Gasteiger partial charge in [0.25, 0.3) is 0 Å². The molecule has 0 bridgehead atoms. The zero-order valence-electron chi connectivity index (χ0n) is 22.9. The van der Waals surface area contributed by atoms with E-state index in [1.54, 1.807) is 0 Å². The Morgan fingerprint density at radius 3 is 1.55 bits per heavy atom. The Morgan fingerprint density at radius 2 is 0.857 bits per heavy atom. The number of hydrogen-bond donors (Lipinski definition) is 0. The van der Waals surface area contributed by atoms with Crippen molar-refractivity contribution in [1.29, 1.82) is 0 Å². The maximum absolute atomic E-state index is 15.0. The van der Waals surface area contributed by atoms with E-state index in [1.807, 2.05) is 72.8 Å². The van der Waals surface area contributed by atoms with Crippen molar-refractivity contribution in [1.82, 2.24) is 0 Å². The summed E-state index contributed by atoms with van der Waals surface area (Å²) in [6, 6.07) is 56.7. The third-order valence-corrected chi connectivity index (χ3v) is 11.5. The molecule has 0 aliphatic heterocycles. The van der Waals surface area contributed by atoms with Gasteiger partial charge in [-0.05, 0) is 66.7 Å². The fourth-order valence-electron chi connectivity index (χ4n) is 6.46. The molecule has 0 unspecified atom stereocenters. The Labute approximate surface area is 245 Å². The molecule has 0 aliphatic carbocycles. The van der Waals surface area contributed by atoms with Crippen molar-refractivity contribution in [2.45, 2.75) is 0 Å². The molecule has 0 saturated carbocycles. The number of rotatable bonds is 5. The predicted octanol–water partition coefficient (Wildman–Crippen LogP) is 9.56. The van der Waals surface area contributed by atoms with Crippen molar-refractivity contribution in [2.75, 3.05) is 0 Å². The molecule has 0 N–H and O–H groups in total. The molecular formula is C40H27OP. The molecule has 2 heteroatoms. The van der Waals surface area contributed by atoms with Crippen LogP contribution in [-0.2, 0) is 4.57 Å². The van der Waals surface area contributed by atoms with E-state index >= 15 is 4.57 Å². The smallest absolute Gasteiger partial charge is 0.171 e. The molecule has 0 spiro atoms. The molecule has 0 amide bonds. The molecule has 8 aromatic rings. The highest BCUT2D eigenvalue weighted by molar-refractivity contribution is 7.85. The molecular weight excluding hydrogens is 527 g/mol. The summed E-state index contributed by atoms with van der Waals surface area (Å²) in [6.07, 6.45) is 0. The van der Waals surface area contributed by atoms with Gasteiger partial charge in [0.1, 0.15) is 0 Å². The van der Waals surface area contributed by atoms with E-state index < -0.39 is 7.14 Å². The SMILES string of the molecule is O=P(c1ccccc1)(c1ccccc1)c1cccc(-c2cccc(-c3ccc4ccc5cccc6ccc3c4c56)c2)c1. The molecule has 0 radical (unpaired) electrons. The molecule has 1 nitrogen and oxygen atoms in total. The second kappa shape index (κ2) is 9.84. The van der Waals surface area contributed by atoms with Crippen molar-refractivity contribution >= 4 is 55.4 Å². The summed E-state index contributed by atoms with van der Waals surface area (Å²) >= 11 is 0. The second-order valence-electron chi connectivity index (χ2n) is 10.9. The average Bonchev–Trinajstić information content (AvgIpc) is 3.07. The van der Waals surface area contributed by atoms with Gasteiger partial charge >= 0.3 is 0 Å². The van der Waals surface area contributed by atoms with E-state index in [9.17, 15) is 0 Å². The third kappa shape index (κ3) is 3.90. The summed E-state index contributed by atoms with van der Waals surface area (Å²) in [7, 11) is -3.06. The van der Waals surface area contributed by atoms with Gasteiger partial charge < -0.3 is 4.57 Å². The topological polar surface area (TPSA) is 17.1 Å². The largest absolute Gasteiger partial charge is 0.309 e. The van der Waals surface area contributed by atoms with E-state index in [0.29, 0.717) is 0 Å². The van der Waals surface area contributed by atoms with E-state index in [0.717, 1.165) is 27.0 Å². The van der Waals surface area contributed by atoms with E-state index in [2.05, 4.69) is 91.0 Å². The van der Waals surface area contributed by atoms with Gasteiger partial charge in [-0.2, -0.15) is 0 Å². The zero-order chi connectivity index (χ0) is 28.1. The fourth-order valence-corrected chi connectivity index (χ4v) is 9.15. The van der Waals surface area contributed by atoms with Crippen LogP contribution in [-0.4, -0.2) is 0 Å². The molecule has 8 aromatic carbocycles. The summed E-state index contributed by atoms with van der Waals surface area (Å²) in [4.78, 5) is 0. The first-order valence-corrected chi connectivity index (χ1v) is 16.0.